The Morgan fingerprint density at radius 1 is 1.15 bits per heavy atom. The van der Waals surface area contributed by atoms with Crippen molar-refractivity contribution in [2.75, 3.05) is 19.0 Å². The van der Waals surface area contributed by atoms with Crippen LogP contribution < -0.4 is 10.2 Å². The molecule has 2 rings (SSSR count). The molecule has 0 heterocycles. The summed E-state index contributed by atoms with van der Waals surface area (Å²) in [6, 6.07) is 14.6. The summed E-state index contributed by atoms with van der Waals surface area (Å²) in [6.45, 7) is 3.86. The molecule has 0 fully saturated rings. The lowest BCUT2D eigenvalue weighted by Crippen LogP contribution is -2.18. The van der Waals surface area contributed by atoms with Crippen molar-refractivity contribution in [2.24, 2.45) is 0 Å². The zero-order valence-electron chi connectivity index (χ0n) is 12.3. The van der Waals surface area contributed by atoms with E-state index < -0.39 is 0 Å². The van der Waals surface area contributed by atoms with Crippen LogP contribution in [0.4, 0.5) is 5.69 Å². The zero-order valence-corrected chi connectivity index (χ0v) is 13.0. The SMILES string of the molecule is CNCc1ccc(N(C)Cc2ccccc2Cl)c(C)c1. The third-order valence-corrected chi connectivity index (χ3v) is 3.79. The molecule has 0 radical (unpaired) electrons. The minimum Gasteiger partial charge on any atom is -0.370 e. The number of hydrogen-bond acceptors (Lipinski definition) is 2. The number of nitrogens with zero attached hydrogens (tertiary/aromatic N) is 1. The van der Waals surface area contributed by atoms with Crippen molar-refractivity contribution in [3.8, 4) is 0 Å². The van der Waals surface area contributed by atoms with E-state index in [9.17, 15) is 0 Å². The first-order chi connectivity index (χ1) is 9.61. The summed E-state index contributed by atoms with van der Waals surface area (Å²) in [5, 5.41) is 4.00. The molecule has 0 bridgehead atoms. The first-order valence-corrected chi connectivity index (χ1v) is 7.18. The lowest BCUT2D eigenvalue weighted by atomic mass is 10.1. The van der Waals surface area contributed by atoms with Crippen LogP contribution in [-0.4, -0.2) is 14.1 Å². The molecule has 0 unspecified atom stereocenters. The third-order valence-electron chi connectivity index (χ3n) is 3.42. The third kappa shape index (κ3) is 3.53. The predicted octanol–water partition coefficient (Wildman–Crippen LogP) is 4.00. The van der Waals surface area contributed by atoms with Gasteiger partial charge in [-0.05, 0) is 42.8 Å². The van der Waals surface area contributed by atoms with E-state index in [0.717, 1.165) is 23.7 Å². The van der Waals surface area contributed by atoms with Gasteiger partial charge in [-0.3, -0.25) is 0 Å². The van der Waals surface area contributed by atoms with Gasteiger partial charge in [0.2, 0.25) is 0 Å². The van der Waals surface area contributed by atoms with Gasteiger partial charge < -0.3 is 10.2 Å². The van der Waals surface area contributed by atoms with Crippen LogP contribution in [0.15, 0.2) is 42.5 Å². The molecule has 106 valence electrons. The first-order valence-electron chi connectivity index (χ1n) is 6.80. The molecule has 20 heavy (non-hydrogen) atoms. The van der Waals surface area contributed by atoms with Gasteiger partial charge in [-0.15, -0.1) is 0 Å². The number of rotatable bonds is 5. The van der Waals surface area contributed by atoms with E-state index >= 15 is 0 Å². The summed E-state index contributed by atoms with van der Waals surface area (Å²) in [5.74, 6) is 0. The summed E-state index contributed by atoms with van der Waals surface area (Å²) in [7, 11) is 4.07. The predicted molar refractivity (Wildman–Crippen MR) is 87.5 cm³/mol. The number of nitrogens with one attached hydrogen (secondary N) is 1. The first kappa shape index (κ1) is 14.9. The summed E-state index contributed by atoms with van der Waals surface area (Å²) >= 11 is 6.23. The molecule has 1 N–H and O–H groups in total. The second-order valence-electron chi connectivity index (χ2n) is 5.10. The van der Waals surface area contributed by atoms with E-state index in [1.807, 2.05) is 25.2 Å². The van der Waals surface area contributed by atoms with Gasteiger partial charge in [-0.2, -0.15) is 0 Å². The molecule has 2 nitrogen and oxygen atoms in total. The molecule has 0 aliphatic rings. The summed E-state index contributed by atoms with van der Waals surface area (Å²) in [4.78, 5) is 2.24. The fraction of sp³-hybridized carbons (Fsp3) is 0.294. The van der Waals surface area contributed by atoms with Crippen molar-refractivity contribution in [3.63, 3.8) is 0 Å². The van der Waals surface area contributed by atoms with Crippen LogP contribution in [0.25, 0.3) is 0 Å². The van der Waals surface area contributed by atoms with E-state index in [2.05, 4.69) is 48.5 Å². The van der Waals surface area contributed by atoms with Crippen molar-refractivity contribution in [1.29, 1.82) is 0 Å². The van der Waals surface area contributed by atoms with Crippen LogP contribution in [0, 0.1) is 6.92 Å². The standard InChI is InChI=1S/C17H21ClN2/c1-13-10-14(11-19-2)8-9-17(13)20(3)12-15-6-4-5-7-16(15)18/h4-10,19H,11-12H2,1-3H3. The van der Waals surface area contributed by atoms with Gasteiger partial charge in [0.05, 0.1) is 0 Å². The fourth-order valence-electron chi connectivity index (χ4n) is 2.43. The van der Waals surface area contributed by atoms with Gasteiger partial charge in [0.1, 0.15) is 0 Å². The quantitative estimate of drug-likeness (QED) is 0.894. The van der Waals surface area contributed by atoms with Gasteiger partial charge >= 0.3 is 0 Å². The molecule has 0 amide bonds. The summed E-state index contributed by atoms with van der Waals surface area (Å²) in [6.07, 6.45) is 0. The minimum absolute atomic E-state index is 0.811. The maximum Gasteiger partial charge on any atom is 0.0455 e. The maximum atomic E-state index is 6.23. The van der Waals surface area contributed by atoms with Crippen LogP contribution in [0.2, 0.25) is 5.02 Å². The highest BCUT2D eigenvalue weighted by Gasteiger charge is 2.08. The van der Waals surface area contributed by atoms with Crippen LogP contribution in [0.5, 0.6) is 0 Å². The minimum atomic E-state index is 0.811. The van der Waals surface area contributed by atoms with Gasteiger partial charge in [-0.25, -0.2) is 0 Å². The fourth-order valence-corrected chi connectivity index (χ4v) is 2.62. The summed E-state index contributed by atoms with van der Waals surface area (Å²) < 4.78 is 0. The topological polar surface area (TPSA) is 15.3 Å². The largest absolute Gasteiger partial charge is 0.370 e. The van der Waals surface area contributed by atoms with Crippen molar-refractivity contribution in [2.45, 2.75) is 20.0 Å². The second kappa shape index (κ2) is 6.78. The van der Waals surface area contributed by atoms with Crippen molar-refractivity contribution in [1.82, 2.24) is 5.32 Å². The Hall–Kier alpha value is -1.51. The van der Waals surface area contributed by atoms with E-state index in [4.69, 9.17) is 11.6 Å². The molecule has 0 aromatic heterocycles. The van der Waals surface area contributed by atoms with Crippen LogP contribution in [0.1, 0.15) is 16.7 Å². The van der Waals surface area contributed by atoms with Crippen LogP contribution in [-0.2, 0) is 13.1 Å². The molecule has 2 aromatic carbocycles. The van der Waals surface area contributed by atoms with E-state index in [-0.39, 0.29) is 0 Å². The Morgan fingerprint density at radius 2 is 1.90 bits per heavy atom. The number of aryl methyl sites for hydroxylation is 1. The number of anilines is 1. The smallest absolute Gasteiger partial charge is 0.0455 e. The van der Waals surface area contributed by atoms with Gasteiger partial charge in [0.25, 0.3) is 0 Å². The Balaban J connectivity index is 2.17. The Bertz CT molecular complexity index is 581. The Labute approximate surface area is 126 Å². The number of halogens is 1. The van der Waals surface area contributed by atoms with E-state index in [0.29, 0.717) is 0 Å². The lowest BCUT2D eigenvalue weighted by molar-refractivity contribution is 0.815. The maximum absolute atomic E-state index is 6.23. The molecule has 2 aromatic rings. The Morgan fingerprint density at radius 3 is 2.55 bits per heavy atom. The molecule has 0 aliphatic carbocycles. The van der Waals surface area contributed by atoms with Crippen molar-refractivity contribution < 1.29 is 0 Å². The monoisotopic (exact) mass is 288 g/mol. The Kier molecular flexibility index (Phi) is 5.05. The molecule has 0 atom stereocenters. The zero-order chi connectivity index (χ0) is 14.5. The van der Waals surface area contributed by atoms with Gasteiger partial charge in [0.15, 0.2) is 0 Å². The van der Waals surface area contributed by atoms with E-state index in [1.165, 1.54) is 16.8 Å². The van der Waals surface area contributed by atoms with Crippen molar-refractivity contribution >= 4 is 17.3 Å². The molecule has 0 saturated carbocycles. The van der Waals surface area contributed by atoms with Crippen LogP contribution in [0.3, 0.4) is 0 Å². The second-order valence-corrected chi connectivity index (χ2v) is 5.51. The lowest BCUT2D eigenvalue weighted by Gasteiger charge is -2.22. The highest BCUT2D eigenvalue weighted by molar-refractivity contribution is 6.31. The number of hydrogen-bond donors (Lipinski definition) is 1. The molecule has 0 saturated heterocycles. The molecule has 0 spiro atoms. The highest BCUT2D eigenvalue weighted by Crippen LogP contribution is 2.24. The average molecular weight is 289 g/mol. The highest BCUT2D eigenvalue weighted by atomic mass is 35.5. The molecule has 0 aliphatic heterocycles. The molecular formula is C17H21ClN2. The van der Waals surface area contributed by atoms with Crippen LogP contribution >= 0.6 is 11.6 Å². The molecule has 3 heteroatoms. The van der Waals surface area contributed by atoms with Gasteiger partial charge in [-0.1, -0.05) is 41.9 Å². The van der Waals surface area contributed by atoms with Gasteiger partial charge in [0, 0.05) is 30.8 Å². The van der Waals surface area contributed by atoms with E-state index in [1.54, 1.807) is 0 Å². The normalized spacial score (nSPS) is 10.6. The average Bonchev–Trinajstić information content (AvgIpc) is 2.42. The number of benzene rings is 2. The van der Waals surface area contributed by atoms with Crippen molar-refractivity contribution in [3.05, 3.63) is 64.2 Å². The molecular weight excluding hydrogens is 268 g/mol. The summed E-state index contributed by atoms with van der Waals surface area (Å²) in [5.41, 5.74) is 4.98.